The topological polar surface area (TPSA) is 0 Å². The summed E-state index contributed by atoms with van der Waals surface area (Å²) in [6.45, 7) is 9.39. The molecule has 0 atom stereocenters. The van der Waals surface area contributed by atoms with E-state index >= 15 is 0 Å². The van der Waals surface area contributed by atoms with Gasteiger partial charge in [0, 0.05) is 7.26 Å². The fourth-order valence-corrected chi connectivity index (χ4v) is 14.4. The molecule has 0 aliphatic carbocycles. The molecule has 0 nitrogen and oxygen atoms in total. The third-order valence-electron chi connectivity index (χ3n) is 13.4. The van der Waals surface area contributed by atoms with Crippen molar-refractivity contribution in [3.63, 3.8) is 0 Å². The zero-order chi connectivity index (χ0) is 39.9. The van der Waals surface area contributed by atoms with E-state index in [0.29, 0.717) is 0 Å². The average molecular weight is 792 g/mol. The molecule has 0 aromatic heterocycles. The van der Waals surface area contributed by atoms with E-state index in [0.717, 1.165) is 0 Å². The van der Waals surface area contributed by atoms with Crippen LogP contribution in [0.25, 0.3) is 0 Å². The van der Waals surface area contributed by atoms with Gasteiger partial charge in [-0.15, -0.1) is 0 Å². The lowest BCUT2D eigenvalue weighted by Gasteiger charge is -2.28. The smallest absolute Gasteiger partial charge is 0.0594 e. The van der Waals surface area contributed by atoms with E-state index in [1.54, 1.807) is 50.3 Å². The summed E-state index contributed by atoms with van der Waals surface area (Å²) in [5.74, 6) is 0. The number of rotatable bonds is 50. The van der Waals surface area contributed by atoms with Crippen LogP contribution < -0.4 is 0 Å². The van der Waals surface area contributed by atoms with Crippen molar-refractivity contribution in [2.45, 2.75) is 323 Å². The van der Waals surface area contributed by atoms with Gasteiger partial charge in [0.15, 0.2) is 0 Å². The van der Waals surface area contributed by atoms with Crippen LogP contribution in [0.1, 0.15) is 323 Å². The quantitative estimate of drug-likeness (QED) is 0.0425. The molecular formula is C54H112P+. The third kappa shape index (κ3) is 43.8. The Balaban J connectivity index is 4.59. The molecular weight excluding hydrogens is 680 g/mol. The lowest BCUT2D eigenvalue weighted by Crippen LogP contribution is -2.13. The Morgan fingerprint density at radius 1 is 0.145 bits per heavy atom. The molecule has 0 aliphatic heterocycles. The lowest BCUT2D eigenvalue weighted by molar-refractivity contribution is 0.537. The molecule has 0 saturated carbocycles. The van der Waals surface area contributed by atoms with Crippen molar-refractivity contribution in [3.05, 3.63) is 0 Å². The summed E-state index contributed by atoms with van der Waals surface area (Å²) in [4.78, 5) is 0. The molecule has 0 unspecified atom stereocenters. The highest BCUT2D eigenvalue weighted by molar-refractivity contribution is 7.75. The van der Waals surface area contributed by atoms with E-state index in [4.69, 9.17) is 0 Å². The van der Waals surface area contributed by atoms with Gasteiger partial charge >= 0.3 is 0 Å². The van der Waals surface area contributed by atoms with Crippen LogP contribution in [0.2, 0.25) is 0 Å². The van der Waals surface area contributed by atoms with Crippen LogP contribution in [0.3, 0.4) is 0 Å². The highest BCUT2D eigenvalue weighted by Gasteiger charge is 2.35. The largest absolute Gasteiger partial charge is 0.0654 e. The molecule has 332 valence electrons. The van der Waals surface area contributed by atoms with Crippen LogP contribution in [0.15, 0.2) is 0 Å². The molecule has 0 aromatic rings. The first kappa shape index (κ1) is 55.4. The maximum atomic E-state index is 2.40. The standard InChI is InChI=1S/C54H112P/c1-5-9-13-17-20-23-26-29-32-35-38-41-44-48-52-55(51-47-16-12-8-4,53-49-45-42-39-36-33-30-27-24-21-18-14-10-6-2)54-50-46-43-40-37-34-31-28-25-22-19-15-11-7-3/h5-54H2,1-4H3/q+1. The predicted molar refractivity (Wildman–Crippen MR) is 261 cm³/mol. The van der Waals surface area contributed by atoms with Crippen LogP contribution in [-0.4, -0.2) is 24.6 Å². The van der Waals surface area contributed by atoms with Crippen LogP contribution in [0.4, 0.5) is 0 Å². The highest BCUT2D eigenvalue weighted by atomic mass is 31.2. The Kier molecular flexibility index (Phi) is 49.2. The third-order valence-corrected chi connectivity index (χ3v) is 18.5. The molecule has 0 radical (unpaired) electrons. The van der Waals surface area contributed by atoms with Crippen LogP contribution in [0, 0.1) is 0 Å². The zero-order valence-electron chi connectivity index (χ0n) is 39.8. The molecule has 0 saturated heterocycles. The Labute approximate surface area is 353 Å². The van der Waals surface area contributed by atoms with E-state index in [-0.39, 0.29) is 0 Å². The first-order valence-corrected chi connectivity index (χ1v) is 29.6. The Morgan fingerprint density at radius 2 is 0.255 bits per heavy atom. The van der Waals surface area contributed by atoms with Gasteiger partial charge in [-0.05, 0) is 51.4 Å². The monoisotopic (exact) mass is 792 g/mol. The maximum absolute atomic E-state index is 2.40. The van der Waals surface area contributed by atoms with Gasteiger partial charge in [-0.2, -0.15) is 0 Å². The van der Waals surface area contributed by atoms with Gasteiger partial charge in [0.05, 0.1) is 24.6 Å². The van der Waals surface area contributed by atoms with Gasteiger partial charge in [0.2, 0.25) is 0 Å². The second kappa shape index (κ2) is 48.8. The zero-order valence-corrected chi connectivity index (χ0v) is 40.7. The van der Waals surface area contributed by atoms with Crippen molar-refractivity contribution < 1.29 is 0 Å². The molecule has 1 heteroatoms. The molecule has 55 heavy (non-hydrogen) atoms. The minimum Gasteiger partial charge on any atom is -0.0654 e. The minimum atomic E-state index is -0.790. The van der Waals surface area contributed by atoms with Gasteiger partial charge in [-0.3, -0.25) is 0 Å². The fraction of sp³-hybridized carbons (Fsp3) is 1.00. The summed E-state index contributed by atoms with van der Waals surface area (Å²) in [7, 11) is -0.790. The van der Waals surface area contributed by atoms with Gasteiger partial charge in [-0.1, -0.05) is 272 Å². The van der Waals surface area contributed by atoms with Crippen molar-refractivity contribution in [2.75, 3.05) is 24.6 Å². The molecule has 0 rings (SSSR count). The summed E-state index contributed by atoms with van der Waals surface area (Å²) in [5.41, 5.74) is 0. The van der Waals surface area contributed by atoms with Crippen molar-refractivity contribution in [1.82, 2.24) is 0 Å². The molecule has 0 fully saturated rings. The van der Waals surface area contributed by atoms with Crippen LogP contribution in [-0.2, 0) is 0 Å². The van der Waals surface area contributed by atoms with Gasteiger partial charge < -0.3 is 0 Å². The molecule has 0 spiro atoms. The van der Waals surface area contributed by atoms with Crippen molar-refractivity contribution >= 4 is 7.26 Å². The first-order valence-electron chi connectivity index (χ1n) is 27.1. The second-order valence-electron chi connectivity index (χ2n) is 19.1. The SMILES string of the molecule is CCCCCCCCCCCCCCCC[P+](CCCCCC)(CCCCCCCCCCCCCCCC)CCCCCCCCCCCCCCCC. The molecule has 0 aliphatic rings. The first-order chi connectivity index (χ1) is 27.2. The van der Waals surface area contributed by atoms with E-state index in [1.807, 2.05) is 0 Å². The fourth-order valence-electron chi connectivity index (χ4n) is 9.47. The van der Waals surface area contributed by atoms with E-state index in [1.165, 1.54) is 270 Å². The minimum absolute atomic E-state index is 0.790. The van der Waals surface area contributed by atoms with Crippen molar-refractivity contribution in [1.29, 1.82) is 0 Å². The van der Waals surface area contributed by atoms with Gasteiger partial charge in [0.1, 0.15) is 0 Å². The lowest BCUT2D eigenvalue weighted by atomic mass is 10.0. The molecule has 0 bridgehead atoms. The van der Waals surface area contributed by atoms with E-state index in [2.05, 4.69) is 27.7 Å². The van der Waals surface area contributed by atoms with E-state index < -0.39 is 7.26 Å². The highest BCUT2D eigenvalue weighted by Crippen LogP contribution is 2.61. The average Bonchev–Trinajstić information content (AvgIpc) is 3.19. The Bertz CT molecular complexity index is 577. The molecule has 0 N–H and O–H groups in total. The van der Waals surface area contributed by atoms with E-state index in [9.17, 15) is 0 Å². The second-order valence-corrected chi connectivity index (χ2v) is 23.6. The number of hydrogen-bond acceptors (Lipinski definition) is 0. The summed E-state index contributed by atoms with van der Waals surface area (Å²) < 4.78 is 0. The normalized spacial score (nSPS) is 12.0. The number of hydrogen-bond donors (Lipinski definition) is 0. The summed E-state index contributed by atoms with van der Waals surface area (Å²) in [6, 6.07) is 0. The van der Waals surface area contributed by atoms with Gasteiger partial charge in [0.25, 0.3) is 0 Å². The summed E-state index contributed by atoms with van der Waals surface area (Å²) in [6.07, 6.45) is 75.2. The van der Waals surface area contributed by atoms with Crippen LogP contribution >= 0.6 is 7.26 Å². The molecule has 0 aromatic carbocycles. The van der Waals surface area contributed by atoms with Crippen LogP contribution in [0.5, 0.6) is 0 Å². The predicted octanol–water partition coefficient (Wildman–Crippen LogP) is 21.0. The Hall–Kier alpha value is 0.430. The maximum Gasteiger partial charge on any atom is 0.0594 e. The summed E-state index contributed by atoms with van der Waals surface area (Å²) in [5, 5.41) is 0. The Morgan fingerprint density at radius 3 is 0.400 bits per heavy atom. The molecule has 0 amide bonds. The van der Waals surface area contributed by atoms with Crippen molar-refractivity contribution in [3.8, 4) is 0 Å². The van der Waals surface area contributed by atoms with Crippen molar-refractivity contribution in [2.24, 2.45) is 0 Å². The number of unbranched alkanes of at least 4 members (excludes halogenated alkanes) is 42. The van der Waals surface area contributed by atoms with Gasteiger partial charge in [-0.25, -0.2) is 0 Å². The molecule has 0 heterocycles. The summed E-state index contributed by atoms with van der Waals surface area (Å²) >= 11 is 0.